The highest BCUT2D eigenvalue weighted by atomic mass is 16.2. The lowest BCUT2D eigenvalue weighted by Gasteiger charge is -2.28. The van der Waals surface area contributed by atoms with Gasteiger partial charge in [-0.15, -0.1) is 0 Å². The van der Waals surface area contributed by atoms with Crippen LogP contribution in [0.15, 0.2) is 0 Å². The van der Waals surface area contributed by atoms with Crippen molar-refractivity contribution in [3.8, 4) is 0 Å². The van der Waals surface area contributed by atoms with Gasteiger partial charge in [0.2, 0.25) is 29.5 Å². The summed E-state index contributed by atoms with van der Waals surface area (Å²) in [5.74, 6) is -1.80. The molecule has 0 atom stereocenters. The summed E-state index contributed by atoms with van der Waals surface area (Å²) in [4.78, 5) is 60.8. The van der Waals surface area contributed by atoms with Crippen LogP contribution in [-0.4, -0.2) is 57.6 Å². The number of imide groups is 2. The maximum atomic E-state index is 11.6. The van der Waals surface area contributed by atoms with Gasteiger partial charge in [-0.3, -0.25) is 33.8 Å². The Hall–Kier alpha value is -2.25. The minimum atomic E-state index is -0.412. The quantitative estimate of drug-likeness (QED) is 0.619. The second kappa shape index (κ2) is 5.40. The average Bonchev–Trinajstić information content (AvgIpc) is 2.86. The Morgan fingerprint density at radius 1 is 0.850 bits per heavy atom. The topological polar surface area (TPSA) is 95.1 Å². The molecule has 0 bridgehead atoms. The van der Waals surface area contributed by atoms with E-state index in [1.54, 1.807) is 0 Å². The summed E-state index contributed by atoms with van der Waals surface area (Å²) < 4.78 is 0. The fraction of sp³-hybridized carbons (Fsp3) is 0.583. The van der Waals surface area contributed by atoms with Gasteiger partial charge < -0.3 is 4.90 Å². The standard InChI is InChI=1S/C12H15N3O5/c1-8(16)13(6-14-9(17)2-3-10(14)18)7-15-11(19)4-5-12(15)20/h2-7H2,1H3. The number of amides is 5. The lowest BCUT2D eigenvalue weighted by atomic mass is 10.4. The van der Waals surface area contributed by atoms with Gasteiger partial charge in [0, 0.05) is 32.6 Å². The predicted octanol–water partition coefficient (Wildman–Crippen LogP) is -0.952. The molecule has 5 amide bonds. The van der Waals surface area contributed by atoms with Crippen molar-refractivity contribution in [1.29, 1.82) is 0 Å². The van der Waals surface area contributed by atoms with Crippen molar-refractivity contribution >= 4 is 29.5 Å². The lowest BCUT2D eigenvalue weighted by Crippen LogP contribution is -2.49. The highest BCUT2D eigenvalue weighted by Gasteiger charge is 2.34. The van der Waals surface area contributed by atoms with Gasteiger partial charge in [0.25, 0.3) is 0 Å². The maximum Gasteiger partial charge on any atom is 0.231 e. The number of carbonyl (C=O) groups is 5. The Balaban J connectivity index is 2.06. The molecule has 20 heavy (non-hydrogen) atoms. The van der Waals surface area contributed by atoms with Crippen molar-refractivity contribution in [2.75, 3.05) is 13.3 Å². The molecule has 2 heterocycles. The highest BCUT2D eigenvalue weighted by Crippen LogP contribution is 2.15. The van der Waals surface area contributed by atoms with Gasteiger partial charge in [-0.25, -0.2) is 0 Å². The summed E-state index contributed by atoms with van der Waals surface area (Å²) in [7, 11) is 0. The monoisotopic (exact) mass is 281 g/mol. The first-order valence-corrected chi connectivity index (χ1v) is 6.32. The van der Waals surface area contributed by atoms with Crippen molar-refractivity contribution in [3.63, 3.8) is 0 Å². The number of carbonyl (C=O) groups excluding carboxylic acids is 5. The first-order chi connectivity index (χ1) is 9.40. The van der Waals surface area contributed by atoms with E-state index < -0.39 is 5.91 Å². The molecule has 2 aliphatic rings. The first kappa shape index (κ1) is 14.2. The van der Waals surface area contributed by atoms with Crippen LogP contribution in [0.5, 0.6) is 0 Å². The van der Waals surface area contributed by atoms with Crippen molar-refractivity contribution in [3.05, 3.63) is 0 Å². The van der Waals surface area contributed by atoms with Crippen molar-refractivity contribution in [2.24, 2.45) is 0 Å². The van der Waals surface area contributed by atoms with Crippen LogP contribution in [0.1, 0.15) is 32.6 Å². The Labute approximate surface area is 115 Å². The van der Waals surface area contributed by atoms with E-state index in [9.17, 15) is 24.0 Å². The van der Waals surface area contributed by atoms with Crippen LogP contribution in [0.25, 0.3) is 0 Å². The SMILES string of the molecule is CC(=O)N(CN1C(=O)CCC1=O)CN1C(=O)CCC1=O. The minimum Gasteiger partial charge on any atom is -0.306 e. The largest absolute Gasteiger partial charge is 0.306 e. The zero-order valence-corrected chi connectivity index (χ0v) is 11.1. The van der Waals surface area contributed by atoms with E-state index in [-0.39, 0.29) is 62.6 Å². The summed E-state index contributed by atoms with van der Waals surface area (Å²) in [5, 5.41) is 0. The Kier molecular flexibility index (Phi) is 3.82. The van der Waals surface area contributed by atoms with E-state index >= 15 is 0 Å². The molecule has 0 aromatic heterocycles. The van der Waals surface area contributed by atoms with Crippen LogP contribution in [0.4, 0.5) is 0 Å². The first-order valence-electron chi connectivity index (χ1n) is 6.32. The second-order valence-corrected chi connectivity index (χ2v) is 4.77. The fourth-order valence-corrected chi connectivity index (χ4v) is 2.15. The number of hydrogen-bond acceptors (Lipinski definition) is 5. The van der Waals surface area contributed by atoms with Crippen molar-refractivity contribution in [2.45, 2.75) is 32.6 Å². The number of hydrogen-bond donors (Lipinski definition) is 0. The Morgan fingerprint density at radius 3 is 1.40 bits per heavy atom. The molecule has 0 aromatic rings. The molecular formula is C12H15N3O5. The molecule has 8 heteroatoms. The fourth-order valence-electron chi connectivity index (χ4n) is 2.15. The molecule has 0 saturated carbocycles. The van der Waals surface area contributed by atoms with Crippen LogP contribution in [0.3, 0.4) is 0 Å². The van der Waals surface area contributed by atoms with Gasteiger partial charge in [0.05, 0.1) is 0 Å². The molecule has 2 rings (SSSR count). The smallest absolute Gasteiger partial charge is 0.231 e. The molecule has 0 spiro atoms. The van der Waals surface area contributed by atoms with Crippen LogP contribution in [0.2, 0.25) is 0 Å². The normalized spacial score (nSPS) is 19.2. The van der Waals surface area contributed by atoms with Crippen molar-refractivity contribution in [1.82, 2.24) is 14.7 Å². The maximum absolute atomic E-state index is 11.6. The molecule has 0 aliphatic carbocycles. The lowest BCUT2D eigenvalue weighted by molar-refractivity contribution is -0.148. The summed E-state index contributed by atoms with van der Waals surface area (Å²) in [6, 6.07) is 0. The van der Waals surface area contributed by atoms with E-state index in [1.165, 1.54) is 6.92 Å². The van der Waals surface area contributed by atoms with Crippen LogP contribution in [-0.2, 0) is 24.0 Å². The van der Waals surface area contributed by atoms with E-state index in [1.807, 2.05) is 0 Å². The van der Waals surface area contributed by atoms with E-state index in [2.05, 4.69) is 0 Å². The predicted molar refractivity (Wildman–Crippen MR) is 64.4 cm³/mol. The Morgan fingerprint density at radius 2 is 1.15 bits per heavy atom. The third kappa shape index (κ3) is 2.68. The van der Waals surface area contributed by atoms with Gasteiger partial charge in [-0.05, 0) is 0 Å². The molecule has 2 saturated heterocycles. The van der Waals surface area contributed by atoms with Gasteiger partial charge in [0.15, 0.2) is 0 Å². The molecule has 108 valence electrons. The third-order valence-corrected chi connectivity index (χ3v) is 3.38. The molecule has 8 nitrogen and oxygen atoms in total. The minimum absolute atomic E-state index is 0.131. The molecule has 2 fully saturated rings. The molecule has 0 N–H and O–H groups in total. The van der Waals surface area contributed by atoms with Crippen LogP contribution >= 0.6 is 0 Å². The molecular weight excluding hydrogens is 266 g/mol. The zero-order chi connectivity index (χ0) is 14.9. The van der Waals surface area contributed by atoms with Gasteiger partial charge in [-0.2, -0.15) is 0 Å². The van der Waals surface area contributed by atoms with Gasteiger partial charge in [-0.1, -0.05) is 0 Å². The summed E-state index contributed by atoms with van der Waals surface area (Å²) in [6.07, 6.45) is 0.524. The van der Waals surface area contributed by atoms with Crippen LogP contribution < -0.4 is 0 Å². The number of rotatable bonds is 4. The summed E-state index contributed by atoms with van der Waals surface area (Å²) in [6.45, 7) is 0.824. The van der Waals surface area contributed by atoms with Gasteiger partial charge in [0.1, 0.15) is 13.3 Å². The molecule has 2 aliphatic heterocycles. The van der Waals surface area contributed by atoms with E-state index in [4.69, 9.17) is 0 Å². The number of likely N-dealkylation sites (tertiary alicyclic amines) is 2. The molecule has 0 aromatic carbocycles. The third-order valence-electron chi connectivity index (χ3n) is 3.38. The average molecular weight is 281 g/mol. The second-order valence-electron chi connectivity index (χ2n) is 4.77. The highest BCUT2D eigenvalue weighted by molar-refractivity contribution is 6.03. The summed E-state index contributed by atoms with van der Waals surface area (Å²) in [5.41, 5.74) is 0. The summed E-state index contributed by atoms with van der Waals surface area (Å²) >= 11 is 0. The molecule has 0 radical (unpaired) electrons. The molecule has 0 unspecified atom stereocenters. The van der Waals surface area contributed by atoms with Gasteiger partial charge >= 0.3 is 0 Å². The Bertz CT molecular complexity index is 431. The van der Waals surface area contributed by atoms with E-state index in [0.717, 1.165) is 14.7 Å². The number of nitrogens with zero attached hydrogens (tertiary/aromatic N) is 3. The zero-order valence-electron chi connectivity index (χ0n) is 11.1. The van der Waals surface area contributed by atoms with Crippen LogP contribution in [0, 0.1) is 0 Å². The van der Waals surface area contributed by atoms with E-state index in [0.29, 0.717) is 0 Å². The van der Waals surface area contributed by atoms with Crippen molar-refractivity contribution < 1.29 is 24.0 Å².